The number of hydrogen-bond acceptors (Lipinski definition) is 3. The van der Waals surface area contributed by atoms with Crippen molar-refractivity contribution < 1.29 is 9.90 Å². The van der Waals surface area contributed by atoms with Crippen LogP contribution in [0.15, 0.2) is 10.9 Å². The first-order valence-electron chi connectivity index (χ1n) is 5.16. The smallest absolute Gasteiger partial charge is 0.327 e. The summed E-state index contributed by atoms with van der Waals surface area (Å²) in [7, 11) is 1.80. The highest BCUT2D eigenvalue weighted by atomic mass is 79.9. The lowest BCUT2D eigenvalue weighted by Gasteiger charge is -2.26. The van der Waals surface area contributed by atoms with E-state index in [9.17, 15) is 9.90 Å². The molecule has 1 aromatic heterocycles. The molecule has 0 radical (unpaired) electrons. The first kappa shape index (κ1) is 13.2. The maximum atomic E-state index is 11.4. The molecule has 6 heteroatoms. The lowest BCUT2D eigenvalue weighted by Crippen LogP contribution is -2.35. The van der Waals surface area contributed by atoms with Gasteiger partial charge >= 0.3 is 5.97 Å². The largest absolute Gasteiger partial charge is 0.480 e. The Bertz CT molecular complexity index is 355. The molecule has 1 atom stereocenters. The highest BCUT2D eigenvalue weighted by Gasteiger charge is 2.30. The third-order valence-electron chi connectivity index (χ3n) is 2.61. The normalized spacial score (nSPS) is 13.1. The first-order valence-corrected chi connectivity index (χ1v) is 5.95. The zero-order valence-electron chi connectivity index (χ0n) is 9.64. The summed E-state index contributed by atoms with van der Waals surface area (Å²) >= 11 is 3.29. The lowest BCUT2D eigenvalue weighted by atomic mass is 10.2. The maximum absolute atomic E-state index is 11.4. The van der Waals surface area contributed by atoms with Gasteiger partial charge in [-0.2, -0.15) is 0 Å². The molecule has 0 fully saturated rings. The molecule has 0 amide bonds. The van der Waals surface area contributed by atoms with Crippen LogP contribution in [0.5, 0.6) is 0 Å². The molecule has 0 spiro atoms. The summed E-state index contributed by atoms with van der Waals surface area (Å²) in [6.07, 6.45) is 1.61. The quantitative estimate of drug-likeness (QED) is 0.896. The summed E-state index contributed by atoms with van der Waals surface area (Å²) in [4.78, 5) is 17.3. The predicted molar refractivity (Wildman–Crippen MR) is 64.2 cm³/mol. The van der Waals surface area contributed by atoms with E-state index in [1.165, 1.54) is 0 Å². The highest BCUT2D eigenvalue weighted by molar-refractivity contribution is 9.10. The molecule has 0 aliphatic carbocycles. The molecule has 1 N–H and O–H groups in total. The van der Waals surface area contributed by atoms with Gasteiger partial charge in [-0.25, -0.2) is 4.98 Å². The van der Waals surface area contributed by atoms with Crippen LogP contribution in [0.2, 0.25) is 0 Å². The van der Waals surface area contributed by atoms with E-state index in [1.807, 2.05) is 18.7 Å². The Morgan fingerprint density at radius 1 is 1.62 bits per heavy atom. The summed E-state index contributed by atoms with van der Waals surface area (Å²) in [6.45, 7) is 5.27. The van der Waals surface area contributed by atoms with Crippen LogP contribution in [-0.4, -0.2) is 38.6 Å². The van der Waals surface area contributed by atoms with Gasteiger partial charge in [0.05, 0.1) is 12.0 Å². The van der Waals surface area contributed by atoms with Gasteiger partial charge in [-0.15, -0.1) is 0 Å². The number of carboxylic acids is 1. The number of carbonyl (C=O) groups is 1. The number of aryl methyl sites for hydroxylation is 1. The van der Waals surface area contributed by atoms with Crippen LogP contribution in [-0.2, 0) is 11.8 Å². The van der Waals surface area contributed by atoms with Gasteiger partial charge in [0.1, 0.15) is 4.60 Å². The van der Waals surface area contributed by atoms with Crippen LogP contribution in [0.25, 0.3) is 0 Å². The van der Waals surface area contributed by atoms with Gasteiger partial charge in [-0.05, 0) is 29.0 Å². The Morgan fingerprint density at radius 3 is 2.50 bits per heavy atom. The number of likely N-dealkylation sites (N-methyl/N-ethyl adjacent to an activating group) is 1. The van der Waals surface area contributed by atoms with Crippen LogP contribution in [0.1, 0.15) is 25.6 Å². The van der Waals surface area contributed by atoms with E-state index in [4.69, 9.17) is 0 Å². The fraction of sp³-hybridized carbons (Fsp3) is 0.600. The Hall–Kier alpha value is -0.880. The molecular weight excluding hydrogens is 274 g/mol. The third-order valence-corrected chi connectivity index (χ3v) is 3.22. The van der Waals surface area contributed by atoms with E-state index >= 15 is 0 Å². The first-order chi connectivity index (χ1) is 7.52. The number of aliphatic carboxylic acids is 1. The van der Waals surface area contributed by atoms with Crippen molar-refractivity contribution in [2.45, 2.75) is 19.9 Å². The van der Waals surface area contributed by atoms with Crippen molar-refractivity contribution in [3.63, 3.8) is 0 Å². The SMILES string of the molecule is CCN(CC)C(C(=O)O)c1c(Br)ncn1C. The Morgan fingerprint density at radius 2 is 2.19 bits per heavy atom. The van der Waals surface area contributed by atoms with Crippen LogP contribution in [0, 0.1) is 0 Å². The van der Waals surface area contributed by atoms with Crippen LogP contribution in [0.3, 0.4) is 0 Å². The van der Waals surface area contributed by atoms with Gasteiger partial charge in [0, 0.05) is 7.05 Å². The van der Waals surface area contributed by atoms with Crippen LogP contribution >= 0.6 is 15.9 Å². The highest BCUT2D eigenvalue weighted by Crippen LogP contribution is 2.26. The standard InChI is InChI=1S/C10H16BrN3O2/c1-4-14(5-2)8(10(15)16)7-9(11)12-6-13(7)3/h6,8H,4-5H2,1-3H3,(H,15,16). The van der Waals surface area contributed by atoms with E-state index in [2.05, 4.69) is 20.9 Å². The summed E-state index contributed by atoms with van der Waals surface area (Å²) in [6, 6.07) is -0.656. The van der Waals surface area contributed by atoms with Crippen LogP contribution in [0.4, 0.5) is 0 Å². The summed E-state index contributed by atoms with van der Waals surface area (Å²) in [5.74, 6) is -0.854. The van der Waals surface area contributed by atoms with Crippen molar-refractivity contribution in [1.82, 2.24) is 14.5 Å². The molecule has 1 aromatic rings. The number of carboxylic acid groups (broad SMARTS) is 1. The van der Waals surface area contributed by atoms with E-state index < -0.39 is 12.0 Å². The topological polar surface area (TPSA) is 58.4 Å². The minimum absolute atomic E-state index is 0.592. The molecule has 0 aliphatic heterocycles. The summed E-state index contributed by atoms with van der Waals surface area (Å²) in [5, 5.41) is 9.32. The molecule has 0 saturated carbocycles. The van der Waals surface area contributed by atoms with E-state index in [1.54, 1.807) is 17.9 Å². The Kier molecular flexibility index (Phi) is 4.49. The lowest BCUT2D eigenvalue weighted by molar-refractivity contribution is -0.143. The summed E-state index contributed by atoms with van der Waals surface area (Å²) < 4.78 is 2.33. The number of nitrogens with zero attached hydrogens (tertiary/aromatic N) is 3. The minimum Gasteiger partial charge on any atom is -0.480 e. The van der Waals surface area contributed by atoms with E-state index in [0.29, 0.717) is 23.4 Å². The van der Waals surface area contributed by atoms with Crippen molar-refractivity contribution in [2.24, 2.45) is 7.05 Å². The van der Waals surface area contributed by atoms with Gasteiger partial charge in [0.15, 0.2) is 6.04 Å². The molecule has 90 valence electrons. The molecule has 16 heavy (non-hydrogen) atoms. The van der Waals surface area contributed by atoms with Gasteiger partial charge < -0.3 is 9.67 Å². The number of aromatic nitrogens is 2. The molecule has 5 nitrogen and oxygen atoms in total. The van der Waals surface area contributed by atoms with Gasteiger partial charge in [0.25, 0.3) is 0 Å². The number of hydrogen-bond donors (Lipinski definition) is 1. The van der Waals surface area contributed by atoms with Gasteiger partial charge in [-0.3, -0.25) is 9.69 Å². The van der Waals surface area contributed by atoms with Gasteiger partial charge in [-0.1, -0.05) is 13.8 Å². The zero-order valence-corrected chi connectivity index (χ0v) is 11.2. The number of rotatable bonds is 5. The van der Waals surface area contributed by atoms with Crippen molar-refractivity contribution in [3.05, 3.63) is 16.6 Å². The fourth-order valence-corrected chi connectivity index (χ4v) is 2.34. The van der Waals surface area contributed by atoms with E-state index in [-0.39, 0.29) is 0 Å². The molecule has 0 saturated heterocycles. The number of halogens is 1. The Labute approximate surface area is 103 Å². The van der Waals surface area contributed by atoms with Crippen molar-refractivity contribution in [3.8, 4) is 0 Å². The predicted octanol–water partition coefficient (Wildman–Crippen LogP) is 1.65. The Balaban J connectivity index is 3.17. The molecule has 0 aliphatic rings. The monoisotopic (exact) mass is 289 g/mol. The zero-order chi connectivity index (χ0) is 12.3. The van der Waals surface area contributed by atoms with Crippen molar-refractivity contribution in [1.29, 1.82) is 0 Å². The minimum atomic E-state index is -0.854. The maximum Gasteiger partial charge on any atom is 0.327 e. The second-order valence-corrected chi connectivity index (χ2v) is 4.24. The second-order valence-electron chi connectivity index (χ2n) is 3.49. The average Bonchev–Trinajstić information content (AvgIpc) is 2.55. The van der Waals surface area contributed by atoms with Crippen LogP contribution < -0.4 is 0 Å². The average molecular weight is 290 g/mol. The molecule has 1 rings (SSSR count). The molecule has 0 aromatic carbocycles. The molecular formula is C10H16BrN3O2. The molecule has 1 heterocycles. The van der Waals surface area contributed by atoms with Gasteiger partial charge in [0.2, 0.25) is 0 Å². The third kappa shape index (κ3) is 2.44. The van der Waals surface area contributed by atoms with Crippen molar-refractivity contribution in [2.75, 3.05) is 13.1 Å². The molecule has 1 unspecified atom stereocenters. The summed E-state index contributed by atoms with van der Waals surface area (Å²) in [5.41, 5.74) is 0.677. The van der Waals surface area contributed by atoms with Crippen molar-refractivity contribution >= 4 is 21.9 Å². The second kappa shape index (κ2) is 5.45. The fourth-order valence-electron chi connectivity index (χ4n) is 1.75. The molecule has 0 bridgehead atoms. The number of imidazole rings is 1. The van der Waals surface area contributed by atoms with E-state index in [0.717, 1.165) is 0 Å².